The second-order valence-corrected chi connectivity index (χ2v) is 6.39. The fraction of sp³-hybridized carbons (Fsp3) is 0.167. The number of carboxylic acid groups (broad SMARTS) is 1. The minimum Gasteiger partial charge on any atom is -0.481 e. The molecule has 0 fully saturated rings. The molecule has 0 unspecified atom stereocenters. The lowest BCUT2D eigenvalue weighted by molar-refractivity contribution is -0.139. The van der Waals surface area contributed by atoms with Crippen molar-refractivity contribution in [1.29, 1.82) is 5.41 Å². The van der Waals surface area contributed by atoms with E-state index in [-0.39, 0.29) is 17.1 Å². The molecule has 0 aliphatic heterocycles. The largest absolute Gasteiger partial charge is 0.481 e. The summed E-state index contributed by atoms with van der Waals surface area (Å²) in [5.41, 5.74) is 2.70. The zero-order valence-electron chi connectivity index (χ0n) is 13.7. The van der Waals surface area contributed by atoms with Crippen LogP contribution in [0.1, 0.15) is 27.0 Å². The van der Waals surface area contributed by atoms with Gasteiger partial charge in [0.15, 0.2) is 6.61 Å². The van der Waals surface area contributed by atoms with Crippen molar-refractivity contribution in [3.05, 3.63) is 63.1 Å². The summed E-state index contributed by atoms with van der Waals surface area (Å²) in [6.45, 7) is 3.26. The Morgan fingerprint density at radius 3 is 2.52 bits per heavy atom. The number of nitrogens with one attached hydrogen (secondary N) is 2. The number of hydrogen-bond donors (Lipinski definition) is 3. The lowest BCUT2D eigenvalue weighted by Crippen LogP contribution is -2.31. The maximum absolute atomic E-state index is 12.5. The normalized spacial score (nSPS) is 10.2. The molecule has 2 rings (SSSR count). The molecule has 0 atom stereocenters. The second kappa shape index (κ2) is 7.94. The Hall–Kier alpha value is -2.67. The van der Waals surface area contributed by atoms with Gasteiger partial charge in [-0.3, -0.25) is 10.2 Å². The lowest BCUT2D eigenvalue weighted by Gasteiger charge is -2.13. The van der Waals surface area contributed by atoms with Gasteiger partial charge in [-0.2, -0.15) is 0 Å². The highest BCUT2D eigenvalue weighted by molar-refractivity contribution is 9.10. The molecule has 1 amide bonds. The topological polar surface area (TPSA) is 99.5 Å². The van der Waals surface area contributed by atoms with Crippen LogP contribution in [-0.4, -0.2) is 29.4 Å². The first-order valence-corrected chi connectivity index (χ1v) is 8.19. The zero-order chi connectivity index (χ0) is 18.6. The first-order chi connectivity index (χ1) is 11.8. The summed E-state index contributed by atoms with van der Waals surface area (Å²) in [7, 11) is 0. The van der Waals surface area contributed by atoms with Gasteiger partial charge in [-0.25, -0.2) is 4.79 Å². The van der Waals surface area contributed by atoms with Crippen LogP contribution in [-0.2, 0) is 4.79 Å². The predicted molar refractivity (Wildman–Crippen MR) is 97.5 cm³/mol. The standard InChI is InChI=1S/C18H17BrN2O4/c1-10-3-5-13(11(2)7-10)17(20)21-18(24)14-8-12(19)4-6-15(14)25-9-16(22)23/h3-8H,9H2,1-2H3,(H,22,23)(H2,20,21,24). The summed E-state index contributed by atoms with van der Waals surface area (Å²) in [4.78, 5) is 23.2. The highest BCUT2D eigenvalue weighted by Gasteiger charge is 2.17. The summed E-state index contributed by atoms with van der Waals surface area (Å²) >= 11 is 3.27. The highest BCUT2D eigenvalue weighted by Crippen LogP contribution is 2.23. The number of aliphatic carboxylic acids is 1. The fourth-order valence-electron chi connectivity index (χ4n) is 2.29. The first-order valence-electron chi connectivity index (χ1n) is 7.39. The van der Waals surface area contributed by atoms with Gasteiger partial charge in [0.2, 0.25) is 0 Å². The summed E-state index contributed by atoms with van der Waals surface area (Å²) in [6.07, 6.45) is 0. The molecule has 3 N–H and O–H groups in total. The molecular weight excluding hydrogens is 388 g/mol. The number of carboxylic acids is 1. The molecule has 0 aliphatic carbocycles. The second-order valence-electron chi connectivity index (χ2n) is 5.47. The van der Waals surface area contributed by atoms with Gasteiger partial charge in [-0.05, 0) is 37.6 Å². The molecule has 2 aromatic carbocycles. The summed E-state index contributed by atoms with van der Waals surface area (Å²) in [6, 6.07) is 10.2. The van der Waals surface area contributed by atoms with Gasteiger partial charge in [-0.15, -0.1) is 0 Å². The van der Waals surface area contributed by atoms with E-state index in [2.05, 4.69) is 21.2 Å². The molecule has 25 heavy (non-hydrogen) atoms. The van der Waals surface area contributed by atoms with E-state index in [1.54, 1.807) is 12.1 Å². The number of carbonyl (C=O) groups excluding carboxylic acids is 1. The number of amides is 1. The van der Waals surface area contributed by atoms with Gasteiger partial charge < -0.3 is 15.2 Å². The van der Waals surface area contributed by atoms with Crippen molar-refractivity contribution in [2.75, 3.05) is 6.61 Å². The lowest BCUT2D eigenvalue weighted by atomic mass is 10.0. The molecule has 0 aromatic heterocycles. The Bertz CT molecular complexity index is 849. The Kier molecular flexibility index (Phi) is 5.93. The number of aryl methyl sites for hydroxylation is 2. The molecule has 2 aromatic rings. The van der Waals surface area contributed by atoms with Gasteiger partial charge in [0.1, 0.15) is 11.6 Å². The summed E-state index contributed by atoms with van der Waals surface area (Å²) in [5.74, 6) is -1.59. The molecule has 0 saturated carbocycles. The van der Waals surface area contributed by atoms with Gasteiger partial charge >= 0.3 is 5.97 Å². The van der Waals surface area contributed by atoms with Gasteiger partial charge in [-0.1, -0.05) is 39.7 Å². The molecule has 0 saturated heterocycles. The van der Waals surface area contributed by atoms with Crippen molar-refractivity contribution in [3.63, 3.8) is 0 Å². The minimum atomic E-state index is -1.14. The molecule has 0 radical (unpaired) electrons. The average molecular weight is 405 g/mol. The summed E-state index contributed by atoms with van der Waals surface area (Å²) in [5, 5.41) is 19.4. The van der Waals surface area contributed by atoms with Crippen molar-refractivity contribution in [3.8, 4) is 5.75 Å². The number of rotatable bonds is 5. The third-order valence-corrected chi connectivity index (χ3v) is 3.92. The Labute approximate surface area is 153 Å². The van der Waals surface area contributed by atoms with Crippen molar-refractivity contribution in [2.24, 2.45) is 0 Å². The van der Waals surface area contributed by atoms with E-state index in [1.165, 1.54) is 12.1 Å². The van der Waals surface area contributed by atoms with Crippen LogP contribution in [0.5, 0.6) is 5.75 Å². The van der Waals surface area contributed by atoms with Crippen LogP contribution >= 0.6 is 15.9 Å². The molecule has 0 bridgehead atoms. The smallest absolute Gasteiger partial charge is 0.341 e. The number of benzene rings is 2. The minimum absolute atomic E-state index is 0.0355. The van der Waals surface area contributed by atoms with E-state index in [0.29, 0.717) is 10.0 Å². The molecule has 0 aliphatic rings. The molecule has 0 heterocycles. The van der Waals surface area contributed by atoms with E-state index in [9.17, 15) is 9.59 Å². The summed E-state index contributed by atoms with van der Waals surface area (Å²) < 4.78 is 5.79. The zero-order valence-corrected chi connectivity index (χ0v) is 15.3. The van der Waals surface area contributed by atoms with E-state index >= 15 is 0 Å². The SMILES string of the molecule is Cc1ccc(C(=N)NC(=O)c2cc(Br)ccc2OCC(=O)O)c(C)c1. The van der Waals surface area contributed by atoms with Crippen molar-refractivity contribution in [1.82, 2.24) is 5.32 Å². The maximum Gasteiger partial charge on any atom is 0.341 e. The van der Waals surface area contributed by atoms with Crippen LogP contribution in [0.4, 0.5) is 0 Å². The average Bonchev–Trinajstić information content (AvgIpc) is 2.53. The van der Waals surface area contributed by atoms with E-state index in [4.69, 9.17) is 15.3 Å². The maximum atomic E-state index is 12.5. The molecule has 0 spiro atoms. The first kappa shape index (κ1) is 18.7. The van der Waals surface area contributed by atoms with E-state index in [0.717, 1.165) is 11.1 Å². The highest BCUT2D eigenvalue weighted by atomic mass is 79.9. The van der Waals surface area contributed by atoms with Crippen molar-refractivity contribution < 1.29 is 19.4 Å². The molecule has 130 valence electrons. The van der Waals surface area contributed by atoms with Crippen molar-refractivity contribution >= 4 is 33.6 Å². The monoisotopic (exact) mass is 404 g/mol. The number of halogens is 1. The van der Waals surface area contributed by atoms with Gasteiger partial charge in [0.25, 0.3) is 5.91 Å². The fourth-order valence-corrected chi connectivity index (χ4v) is 2.65. The molecule has 7 heteroatoms. The number of ether oxygens (including phenoxy) is 1. The van der Waals surface area contributed by atoms with E-state index < -0.39 is 18.5 Å². The van der Waals surface area contributed by atoms with Crippen LogP contribution in [0.2, 0.25) is 0 Å². The van der Waals surface area contributed by atoms with E-state index in [1.807, 2.05) is 26.0 Å². The Morgan fingerprint density at radius 2 is 1.88 bits per heavy atom. The van der Waals surface area contributed by atoms with Crippen LogP contribution < -0.4 is 10.1 Å². The quantitative estimate of drug-likeness (QED) is 0.525. The van der Waals surface area contributed by atoms with Crippen LogP contribution in [0.15, 0.2) is 40.9 Å². The number of amidine groups is 1. The third-order valence-electron chi connectivity index (χ3n) is 3.43. The number of hydrogen-bond acceptors (Lipinski definition) is 4. The predicted octanol–water partition coefficient (Wildman–Crippen LogP) is 3.28. The third kappa shape index (κ3) is 4.90. The van der Waals surface area contributed by atoms with Crippen molar-refractivity contribution in [2.45, 2.75) is 13.8 Å². The van der Waals surface area contributed by atoms with Crippen LogP contribution in [0.3, 0.4) is 0 Å². The Balaban J connectivity index is 2.23. The molecular formula is C18H17BrN2O4. The van der Waals surface area contributed by atoms with Crippen LogP contribution in [0.25, 0.3) is 0 Å². The van der Waals surface area contributed by atoms with Gasteiger partial charge in [0, 0.05) is 10.0 Å². The Morgan fingerprint density at radius 1 is 1.16 bits per heavy atom. The number of carbonyl (C=O) groups is 2. The molecule has 6 nitrogen and oxygen atoms in total. The van der Waals surface area contributed by atoms with Crippen LogP contribution in [0, 0.1) is 19.3 Å². The van der Waals surface area contributed by atoms with Gasteiger partial charge in [0.05, 0.1) is 5.56 Å².